The maximum atomic E-state index is 12.4. The molecule has 3 aromatic rings. The number of nitrogens with zero attached hydrogens (tertiary/aromatic N) is 3. The lowest BCUT2D eigenvalue weighted by Crippen LogP contribution is -2.32. The molecule has 12 heteroatoms. The Morgan fingerprint density at radius 1 is 1.22 bits per heavy atom. The van der Waals surface area contributed by atoms with Crippen molar-refractivity contribution in [3.8, 4) is 22.6 Å². The van der Waals surface area contributed by atoms with E-state index in [-0.39, 0.29) is 6.04 Å². The number of ether oxygens (including phenoxy) is 1. The first-order valence-corrected chi connectivity index (χ1v) is 14.1. The van der Waals surface area contributed by atoms with E-state index in [1.54, 1.807) is 44.3 Å². The molecule has 2 heterocycles. The number of sulfonamides is 1. The highest BCUT2D eigenvalue weighted by Gasteiger charge is 2.29. The Labute approximate surface area is 221 Å². The Morgan fingerprint density at radius 3 is 2.65 bits per heavy atom. The van der Waals surface area contributed by atoms with Gasteiger partial charge in [0, 0.05) is 35.2 Å². The largest absolute Gasteiger partial charge is 0.453 e. The number of aryl methyl sites for hydroxylation is 1. The second kappa shape index (κ2) is 11.1. The van der Waals surface area contributed by atoms with Crippen molar-refractivity contribution in [3.63, 3.8) is 0 Å². The first-order valence-electron chi connectivity index (χ1n) is 12.1. The summed E-state index contributed by atoms with van der Waals surface area (Å²) in [6, 6.07) is 6.76. The fraction of sp³-hybridized carbons (Fsp3) is 0.440. The Kier molecular flexibility index (Phi) is 8.03. The van der Waals surface area contributed by atoms with Gasteiger partial charge in [0.15, 0.2) is 0 Å². The van der Waals surface area contributed by atoms with E-state index in [0.29, 0.717) is 57.9 Å². The van der Waals surface area contributed by atoms with E-state index < -0.39 is 21.4 Å². The number of hydrogen-bond donors (Lipinski definition) is 3. The van der Waals surface area contributed by atoms with Gasteiger partial charge in [-0.15, -0.1) is 0 Å². The number of methoxy groups -OCH3 is 1. The van der Waals surface area contributed by atoms with E-state index in [4.69, 9.17) is 21.6 Å². The molecule has 0 radical (unpaired) electrons. The lowest BCUT2D eigenvalue weighted by Gasteiger charge is -2.13. The first-order chi connectivity index (χ1) is 17.6. The summed E-state index contributed by atoms with van der Waals surface area (Å²) < 4.78 is 32.2. The van der Waals surface area contributed by atoms with Gasteiger partial charge in [0.05, 0.1) is 35.1 Å². The smallest absolute Gasteiger partial charge is 0.407 e. The van der Waals surface area contributed by atoms with Gasteiger partial charge in [-0.05, 0) is 64.3 Å². The molecule has 1 aliphatic carbocycles. The number of rotatable bonds is 10. The van der Waals surface area contributed by atoms with Crippen LogP contribution in [0.25, 0.3) is 22.6 Å². The highest BCUT2D eigenvalue weighted by atomic mass is 35.5. The molecule has 0 unspecified atom stereocenters. The maximum Gasteiger partial charge on any atom is 0.407 e. The van der Waals surface area contributed by atoms with Crippen molar-refractivity contribution in [2.24, 2.45) is 0 Å². The summed E-state index contributed by atoms with van der Waals surface area (Å²) in [4.78, 5) is 28.9. The number of hydrogen-bond acceptors (Lipinski definition) is 7. The molecule has 0 bridgehead atoms. The van der Waals surface area contributed by atoms with Crippen molar-refractivity contribution >= 4 is 33.4 Å². The third-order valence-corrected chi connectivity index (χ3v) is 8.03. The lowest BCUT2D eigenvalue weighted by molar-refractivity contribution is 0.167. The number of imidazole rings is 1. The highest BCUT2D eigenvalue weighted by Crippen LogP contribution is 2.42. The van der Waals surface area contributed by atoms with Crippen molar-refractivity contribution in [3.05, 3.63) is 47.1 Å². The van der Waals surface area contributed by atoms with Gasteiger partial charge < -0.3 is 15.0 Å². The SMILES string of the molecule is COC(=O)N[C@@H](C)CCc1nccc(-c2[nH]c(C3CC3)nc2-c2cc(Cl)cc(NS(=O)(=O)C(C)C)c2)n1. The van der Waals surface area contributed by atoms with Gasteiger partial charge in [-0.1, -0.05) is 11.6 Å². The highest BCUT2D eigenvalue weighted by molar-refractivity contribution is 7.93. The number of carbonyl (C=O) groups excluding carboxylic acids is 1. The quantitative estimate of drug-likeness (QED) is 0.329. The number of nitrogens with one attached hydrogen (secondary N) is 3. The van der Waals surface area contributed by atoms with Crippen LogP contribution in [0.15, 0.2) is 30.5 Å². The molecule has 37 heavy (non-hydrogen) atoms. The standard InChI is InChI=1S/C25H31ClN6O4S/c1-14(2)37(34,35)32-19-12-17(11-18(26)13-19)22-23(31-24(30-22)16-6-7-16)20-9-10-27-21(29-20)8-5-15(3)28-25(33)36-4/h9-16,32H,5-8H2,1-4H3,(H,28,33)(H,30,31)/t15-/m0/s1. The molecule has 1 fully saturated rings. The minimum Gasteiger partial charge on any atom is -0.453 e. The average Bonchev–Trinajstić information content (AvgIpc) is 3.60. The van der Waals surface area contributed by atoms with Gasteiger partial charge in [0.2, 0.25) is 10.0 Å². The fourth-order valence-corrected chi connectivity index (χ4v) is 4.66. The molecule has 1 amide bonds. The molecular weight excluding hydrogens is 516 g/mol. The molecule has 0 spiro atoms. The third kappa shape index (κ3) is 6.78. The van der Waals surface area contributed by atoms with Gasteiger partial charge in [0.1, 0.15) is 11.6 Å². The van der Waals surface area contributed by atoms with E-state index in [1.165, 1.54) is 7.11 Å². The predicted molar refractivity (Wildman–Crippen MR) is 143 cm³/mol. The molecule has 0 aliphatic heterocycles. The first kappa shape index (κ1) is 26.9. The average molecular weight is 547 g/mol. The normalized spacial score (nSPS) is 14.4. The van der Waals surface area contributed by atoms with Crippen LogP contribution in [0.2, 0.25) is 5.02 Å². The number of carbonyl (C=O) groups is 1. The van der Waals surface area contributed by atoms with Gasteiger partial charge >= 0.3 is 6.09 Å². The minimum absolute atomic E-state index is 0.108. The van der Waals surface area contributed by atoms with Crippen molar-refractivity contribution in [1.82, 2.24) is 25.3 Å². The van der Waals surface area contributed by atoms with Crippen LogP contribution in [0.4, 0.5) is 10.5 Å². The van der Waals surface area contributed by atoms with Crippen molar-refractivity contribution in [2.45, 2.75) is 63.7 Å². The third-order valence-electron chi connectivity index (χ3n) is 6.05. The van der Waals surface area contributed by atoms with E-state index >= 15 is 0 Å². The van der Waals surface area contributed by atoms with Crippen LogP contribution in [0, 0.1) is 0 Å². The topological polar surface area (TPSA) is 139 Å². The Morgan fingerprint density at radius 2 is 1.97 bits per heavy atom. The number of benzene rings is 1. The van der Waals surface area contributed by atoms with E-state index in [9.17, 15) is 13.2 Å². The summed E-state index contributed by atoms with van der Waals surface area (Å²) in [6.07, 6.45) is 4.51. The number of halogens is 1. The summed E-state index contributed by atoms with van der Waals surface area (Å²) in [5.74, 6) is 1.85. The molecule has 1 saturated carbocycles. The Balaban J connectivity index is 1.66. The number of anilines is 1. The second-order valence-electron chi connectivity index (χ2n) is 9.48. The Bertz CT molecular complexity index is 1390. The monoisotopic (exact) mass is 546 g/mol. The lowest BCUT2D eigenvalue weighted by atomic mass is 10.1. The van der Waals surface area contributed by atoms with Crippen LogP contribution in [0.1, 0.15) is 57.6 Å². The van der Waals surface area contributed by atoms with Crippen LogP contribution in [0.5, 0.6) is 0 Å². The molecule has 10 nitrogen and oxygen atoms in total. The molecule has 0 saturated heterocycles. The molecule has 1 atom stereocenters. The zero-order valence-corrected chi connectivity index (χ0v) is 22.8. The van der Waals surface area contributed by atoms with Crippen LogP contribution in [0.3, 0.4) is 0 Å². The zero-order valence-electron chi connectivity index (χ0n) is 21.2. The molecule has 4 rings (SSSR count). The van der Waals surface area contributed by atoms with Gasteiger partial charge in [-0.2, -0.15) is 0 Å². The maximum absolute atomic E-state index is 12.4. The van der Waals surface area contributed by atoms with E-state index in [0.717, 1.165) is 18.7 Å². The molecule has 198 valence electrons. The van der Waals surface area contributed by atoms with Crippen LogP contribution in [-0.4, -0.2) is 52.8 Å². The number of H-pyrrole nitrogens is 1. The van der Waals surface area contributed by atoms with Crippen LogP contribution >= 0.6 is 11.6 Å². The van der Waals surface area contributed by atoms with Crippen molar-refractivity contribution in [2.75, 3.05) is 11.8 Å². The molecule has 1 aliphatic rings. The molecule has 2 aromatic heterocycles. The number of aromatic amines is 1. The molecular formula is C25H31ClN6O4S. The van der Waals surface area contributed by atoms with Gasteiger partial charge in [0.25, 0.3) is 0 Å². The molecule has 1 aromatic carbocycles. The summed E-state index contributed by atoms with van der Waals surface area (Å²) in [5.41, 5.74) is 3.06. The summed E-state index contributed by atoms with van der Waals surface area (Å²) in [5, 5.41) is 2.53. The van der Waals surface area contributed by atoms with E-state index in [2.05, 4.69) is 24.7 Å². The van der Waals surface area contributed by atoms with Gasteiger partial charge in [-0.3, -0.25) is 4.72 Å². The summed E-state index contributed by atoms with van der Waals surface area (Å²) in [7, 11) is -2.22. The second-order valence-corrected chi connectivity index (χ2v) is 12.2. The van der Waals surface area contributed by atoms with E-state index in [1.807, 2.05) is 6.92 Å². The summed E-state index contributed by atoms with van der Waals surface area (Å²) in [6.45, 7) is 5.11. The van der Waals surface area contributed by atoms with Crippen LogP contribution in [-0.2, 0) is 21.2 Å². The minimum atomic E-state index is -3.55. The predicted octanol–water partition coefficient (Wildman–Crippen LogP) is 4.89. The number of aromatic nitrogens is 4. The number of amides is 1. The van der Waals surface area contributed by atoms with Crippen molar-refractivity contribution in [1.29, 1.82) is 0 Å². The van der Waals surface area contributed by atoms with Gasteiger partial charge in [-0.25, -0.2) is 28.2 Å². The summed E-state index contributed by atoms with van der Waals surface area (Å²) >= 11 is 6.39. The zero-order chi connectivity index (χ0) is 26.7. The number of alkyl carbamates (subject to hydrolysis) is 1. The fourth-order valence-electron chi connectivity index (χ4n) is 3.74. The molecule has 3 N–H and O–H groups in total. The van der Waals surface area contributed by atoms with Crippen LogP contribution < -0.4 is 10.0 Å². The Hall–Kier alpha value is -3.18. The van der Waals surface area contributed by atoms with Crippen molar-refractivity contribution < 1.29 is 17.9 Å².